The molecule has 0 atom stereocenters. The number of imidazole rings is 1. The van der Waals surface area contributed by atoms with Crippen molar-refractivity contribution in [1.82, 2.24) is 9.38 Å². The molecule has 3 rings (SSSR count). The number of hydrogen-bond donors (Lipinski definition) is 0. The van der Waals surface area contributed by atoms with Gasteiger partial charge in [0.2, 0.25) is 0 Å². The Bertz CT molecular complexity index is 988. The van der Waals surface area contributed by atoms with Gasteiger partial charge in [0.1, 0.15) is 13.2 Å². The third-order valence-electron chi connectivity index (χ3n) is 3.91. The van der Waals surface area contributed by atoms with Crippen molar-refractivity contribution in [3.05, 3.63) is 69.7 Å². The van der Waals surface area contributed by atoms with Gasteiger partial charge < -0.3 is 9.47 Å². The Balaban J connectivity index is 1.87. The zero-order valence-corrected chi connectivity index (χ0v) is 14.2. The molecule has 0 aliphatic heterocycles. The summed E-state index contributed by atoms with van der Waals surface area (Å²) in [6.45, 7) is 2.52. The molecular weight excluding hydrogens is 334 g/mol. The molecule has 1 aromatic carbocycles. The number of hydrogen-bond acceptors (Lipinski definition) is 5. The number of rotatable bonds is 7. The van der Waals surface area contributed by atoms with E-state index in [2.05, 4.69) is 10.9 Å². The third kappa shape index (κ3) is 3.50. The molecule has 0 fully saturated rings. The maximum absolute atomic E-state index is 11.1. The van der Waals surface area contributed by atoms with Crippen LogP contribution in [-0.4, -0.2) is 20.9 Å². The number of pyridine rings is 1. The Labute approximate surface area is 150 Å². The first-order valence-electron chi connectivity index (χ1n) is 7.94. The van der Waals surface area contributed by atoms with Crippen LogP contribution in [0.4, 0.5) is 5.69 Å². The summed E-state index contributed by atoms with van der Waals surface area (Å²) < 4.78 is 13.1. The molecule has 3 aromatic rings. The maximum atomic E-state index is 11.1. The van der Waals surface area contributed by atoms with Gasteiger partial charge in [0.25, 0.3) is 5.69 Å². The van der Waals surface area contributed by atoms with E-state index in [0.717, 1.165) is 11.4 Å². The van der Waals surface area contributed by atoms with Gasteiger partial charge in [-0.05, 0) is 25.1 Å². The van der Waals surface area contributed by atoms with Gasteiger partial charge in [0.05, 0.1) is 28.5 Å². The highest BCUT2D eigenvalue weighted by Gasteiger charge is 2.15. The molecule has 0 saturated carbocycles. The van der Waals surface area contributed by atoms with E-state index in [1.165, 1.54) is 6.07 Å². The van der Waals surface area contributed by atoms with E-state index in [0.29, 0.717) is 23.6 Å². The topological polar surface area (TPSA) is 78.9 Å². The molecule has 0 saturated heterocycles. The lowest BCUT2D eigenvalue weighted by molar-refractivity contribution is -0.385. The quantitative estimate of drug-likeness (QED) is 0.282. The van der Waals surface area contributed by atoms with E-state index in [4.69, 9.17) is 15.9 Å². The molecule has 0 spiro atoms. The Morgan fingerprint density at radius 3 is 2.85 bits per heavy atom. The molecule has 2 aromatic heterocycles. The Morgan fingerprint density at radius 2 is 2.08 bits per heavy atom. The number of nitrogens with zero attached hydrogens (tertiary/aromatic N) is 3. The normalized spacial score (nSPS) is 10.6. The fraction of sp³-hybridized carbons (Fsp3) is 0.211. The van der Waals surface area contributed by atoms with Gasteiger partial charge in [-0.1, -0.05) is 18.1 Å². The smallest absolute Gasteiger partial charge is 0.276 e. The van der Waals surface area contributed by atoms with Crippen LogP contribution in [0.1, 0.15) is 17.0 Å². The first kappa shape index (κ1) is 17.5. The SMILES string of the molecule is C#CCOCc1c(C)nc2c(OCc3ccccc3[N+](=O)[O-])cccn12. The van der Waals surface area contributed by atoms with E-state index in [1.807, 2.05) is 23.6 Å². The Kier molecular flexibility index (Phi) is 5.15. The van der Waals surface area contributed by atoms with Gasteiger partial charge in [-0.3, -0.25) is 14.5 Å². The summed E-state index contributed by atoms with van der Waals surface area (Å²) in [4.78, 5) is 15.2. The van der Waals surface area contributed by atoms with Crippen molar-refractivity contribution < 1.29 is 14.4 Å². The molecule has 0 aliphatic rings. The molecule has 0 bridgehead atoms. The first-order chi connectivity index (χ1) is 12.6. The molecule has 0 amide bonds. The van der Waals surface area contributed by atoms with Crippen LogP contribution in [0.25, 0.3) is 5.65 Å². The molecule has 0 radical (unpaired) electrons. The summed E-state index contributed by atoms with van der Waals surface area (Å²) in [5.74, 6) is 2.97. The van der Waals surface area contributed by atoms with Gasteiger partial charge in [0, 0.05) is 12.3 Å². The van der Waals surface area contributed by atoms with Crippen molar-refractivity contribution in [2.45, 2.75) is 20.1 Å². The molecule has 132 valence electrons. The second kappa shape index (κ2) is 7.68. The first-order valence-corrected chi connectivity index (χ1v) is 7.94. The third-order valence-corrected chi connectivity index (χ3v) is 3.91. The molecule has 2 heterocycles. The monoisotopic (exact) mass is 351 g/mol. The van der Waals surface area contributed by atoms with Crippen LogP contribution in [-0.2, 0) is 18.0 Å². The van der Waals surface area contributed by atoms with Gasteiger partial charge in [-0.15, -0.1) is 6.42 Å². The molecular formula is C19H17N3O4. The molecule has 0 unspecified atom stereocenters. The number of para-hydroxylation sites is 1. The van der Waals surface area contributed by atoms with Crippen molar-refractivity contribution in [2.75, 3.05) is 6.61 Å². The number of benzene rings is 1. The fourth-order valence-corrected chi connectivity index (χ4v) is 2.66. The Hall–Kier alpha value is -3.37. The number of aromatic nitrogens is 2. The summed E-state index contributed by atoms with van der Waals surface area (Å²) in [5.41, 5.74) is 2.85. The summed E-state index contributed by atoms with van der Waals surface area (Å²) in [6, 6.07) is 10.1. The van der Waals surface area contributed by atoms with E-state index in [9.17, 15) is 10.1 Å². The van der Waals surface area contributed by atoms with Crippen LogP contribution >= 0.6 is 0 Å². The van der Waals surface area contributed by atoms with Crippen molar-refractivity contribution in [2.24, 2.45) is 0 Å². The summed E-state index contributed by atoms with van der Waals surface area (Å²) in [6.07, 6.45) is 7.07. The zero-order valence-electron chi connectivity index (χ0n) is 14.2. The van der Waals surface area contributed by atoms with Crippen LogP contribution in [0.3, 0.4) is 0 Å². The molecule has 7 nitrogen and oxygen atoms in total. The average Bonchev–Trinajstić information content (AvgIpc) is 2.96. The number of fused-ring (bicyclic) bond motifs is 1. The lowest BCUT2D eigenvalue weighted by atomic mass is 10.2. The minimum absolute atomic E-state index is 0.0300. The van der Waals surface area contributed by atoms with E-state index < -0.39 is 4.92 Å². The van der Waals surface area contributed by atoms with Gasteiger partial charge in [-0.2, -0.15) is 0 Å². The number of nitro groups is 1. The lowest BCUT2D eigenvalue weighted by Crippen LogP contribution is -2.02. The molecule has 26 heavy (non-hydrogen) atoms. The van der Waals surface area contributed by atoms with Crippen LogP contribution in [0.2, 0.25) is 0 Å². The summed E-state index contributed by atoms with van der Waals surface area (Å²) >= 11 is 0. The summed E-state index contributed by atoms with van der Waals surface area (Å²) in [7, 11) is 0. The predicted molar refractivity (Wildman–Crippen MR) is 95.8 cm³/mol. The second-order valence-electron chi connectivity index (χ2n) is 5.58. The summed E-state index contributed by atoms with van der Waals surface area (Å²) in [5, 5.41) is 11.1. The number of aryl methyl sites for hydroxylation is 1. The predicted octanol–water partition coefficient (Wildman–Crippen LogP) is 3.28. The van der Waals surface area contributed by atoms with Crippen molar-refractivity contribution >= 4 is 11.3 Å². The highest BCUT2D eigenvalue weighted by atomic mass is 16.6. The van der Waals surface area contributed by atoms with Crippen LogP contribution in [0, 0.1) is 29.4 Å². The molecule has 0 aliphatic carbocycles. The molecule has 0 N–H and O–H groups in total. The highest BCUT2D eigenvalue weighted by Crippen LogP contribution is 2.25. The average molecular weight is 351 g/mol. The van der Waals surface area contributed by atoms with Crippen molar-refractivity contribution in [1.29, 1.82) is 0 Å². The Morgan fingerprint density at radius 1 is 1.27 bits per heavy atom. The van der Waals surface area contributed by atoms with Crippen molar-refractivity contribution in [3.63, 3.8) is 0 Å². The highest BCUT2D eigenvalue weighted by molar-refractivity contribution is 5.56. The minimum atomic E-state index is -0.417. The van der Waals surface area contributed by atoms with Gasteiger partial charge in [-0.25, -0.2) is 4.98 Å². The zero-order chi connectivity index (χ0) is 18.5. The van der Waals surface area contributed by atoms with E-state index in [1.54, 1.807) is 24.3 Å². The molecule has 7 heteroatoms. The van der Waals surface area contributed by atoms with Crippen LogP contribution in [0.5, 0.6) is 5.75 Å². The largest absolute Gasteiger partial charge is 0.485 e. The minimum Gasteiger partial charge on any atom is -0.485 e. The van der Waals surface area contributed by atoms with E-state index in [-0.39, 0.29) is 18.9 Å². The van der Waals surface area contributed by atoms with E-state index >= 15 is 0 Å². The number of terminal acetylenes is 1. The number of ether oxygens (including phenoxy) is 2. The van der Waals surface area contributed by atoms with Crippen LogP contribution < -0.4 is 4.74 Å². The fourth-order valence-electron chi connectivity index (χ4n) is 2.66. The maximum Gasteiger partial charge on any atom is 0.276 e. The standard InChI is InChI=1S/C19H17N3O4/c1-3-11-25-13-17-14(2)20-19-18(9-6-10-21(17)19)26-12-15-7-4-5-8-16(15)22(23)24/h1,4-10H,11-13H2,2H3. The van der Waals surface area contributed by atoms with Gasteiger partial charge >= 0.3 is 0 Å². The van der Waals surface area contributed by atoms with Crippen molar-refractivity contribution in [3.8, 4) is 18.1 Å². The van der Waals surface area contributed by atoms with Gasteiger partial charge in [0.15, 0.2) is 11.4 Å². The van der Waals surface area contributed by atoms with Crippen LogP contribution in [0.15, 0.2) is 42.6 Å². The lowest BCUT2D eigenvalue weighted by Gasteiger charge is -2.09. The second-order valence-corrected chi connectivity index (χ2v) is 5.58. The number of nitro benzene ring substituents is 1.